The number of rotatable bonds is 3. The molecule has 0 fully saturated rings. The Kier molecular flexibility index (Phi) is 3.43. The summed E-state index contributed by atoms with van der Waals surface area (Å²) in [6, 6.07) is 2.23. The maximum absolute atomic E-state index is 10.8. The number of hydrogen-bond acceptors (Lipinski definition) is 4. The monoisotopic (exact) mass is 234 g/mol. The van der Waals surface area contributed by atoms with Crippen molar-refractivity contribution in [3.05, 3.63) is 43.5 Å². The SMILES string of the molecule is C#CC(C)c1cc([N+](=O)[O-])cc([N+](=O)[O-])c1C. The van der Waals surface area contributed by atoms with E-state index >= 15 is 0 Å². The summed E-state index contributed by atoms with van der Waals surface area (Å²) >= 11 is 0. The second-order valence-electron chi connectivity index (χ2n) is 3.58. The molecule has 6 nitrogen and oxygen atoms in total. The molecule has 0 saturated heterocycles. The number of nitro benzene ring substituents is 2. The predicted molar refractivity (Wildman–Crippen MR) is 61.7 cm³/mol. The van der Waals surface area contributed by atoms with Gasteiger partial charge in [-0.2, -0.15) is 0 Å². The van der Waals surface area contributed by atoms with E-state index in [-0.39, 0.29) is 11.4 Å². The zero-order chi connectivity index (χ0) is 13.2. The molecule has 1 rings (SSSR count). The van der Waals surface area contributed by atoms with Crippen molar-refractivity contribution in [3.63, 3.8) is 0 Å². The Morgan fingerprint density at radius 3 is 2.29 bits per heavy atom. The Bertz CT molecular complexity index is 531. The lowest BCUT2D eigenvalue weighted by Crippen LogP contribution is -2.01. The van der Waals surface area contributed by atoms with Gasteiger partial charge in [0.15, 0.2) is 0 Å². The fourth-order valence-corrected chi connectivity index (χ4v) is 1.54. The lowest BCUT2D eigenvalue weighted by atomic mass is 9.95. The number of benzene rings is 1. The van der Waals surface area contributed by atoms with E-state index in [1.807, 2.05) is 0 Å². The summed E-state index contributed by atoms with van der Waals surface area (Å²) in [5.41, 5.74) is 0.204. The molecule has 1 unspecified atom stereocenters. The van der Waals surface area contributed by atoms with E-state index in [2.05, 4.69) is 5.92 Å². The molecule has 1 aromatic rings. The van der Waals surface area contributed by atoms with Crippen LogP contribution in [-0.2, 0) is 0 Å². The molecule has 0 spiro atoms. The highest BCUT2D eigenvalue weighted by Gasteiger charge is 2.22. The van der Waals surface area contributed by atoms with Gasteiger partial charge in [-0.1, -0.05) is 5.92 Å². The van der Waals surface area contributed by atoms with Crippen molar-refractivity contribution in [2.45, 2.75) is 19.8 Å². The second kappa shape index (κ2) is 4.61. The van der Waals surface area contributed by atoms with Crippen LogP contribution >= 0.6 is 0 Å². The number of non-ortho nitro benzene ring substituents is 1. The molecule has 1 aromatic carbocycles. The van der Waals surface area contributed by atoms with Gasteiger partial charge in [0.2, 0.25) is 0 Å². The van der Waals surface area contributed by atoms with Gasteiger partial charge < -0.3 is 0 Å². The molecule has 1 atom stereocenters. The summed E-state index contributed by atoms with van der Waals surface area (Å²) < 4.78 is 0. The van der Waals surface area contributed by atoms with Gasteiger partial charge >= 0.3 is 0 Å². The molecule has 88 valence electrons. The highest BCUT2D eigenvalue weighted by atomic mass is 16.6. The Labute approximate surface area is 97.6 Å². The van der Waals surface area contributed by atoms with Crippen LogP contribution in [0.5, 0.6) is 0 Å². The zero-order valence-electron chi connectivity index (χ0n) is 9.34. The highest BCUT2D eigenvalue weighted by Crippen LogP contribution is 2.31. The predicted octanol–water partition coefficient (Wildman–Crippen LogP) is 2.55. The normalized spacial score (nSPS) is 11.6. The number of nitrogens with zero attached hydrogens (tertiary/aromatic N) is 2. The Balaban J connectivity index is 3.55. The van der Waals surface area contributed by atoms with Gasteiger partial charge in [0, 0.05) is 17.5 Å². The number of hydrogen-bond donors (Lipinski definition) is 0. The Morgan fingerprint density at radius 1 is 1.29 bits per heavy atom. The van der Waals surface area contributed by atoms with Crippen LogP contribution < -0.4 is 0 Å². The molecule has 0 bridgehead atoms. The van der Waals surface area contributed by atoms with Gasteiger partial charge in [0.25, 0.3) is 11.4 Å². The minimum atomic E-state index is -0.667. The van der Waals surface area contributed by atoms with Crippen LogP contribution in [0.2, 0.25) is 0 Å². The molecule has 0 aliphatic carbocycles. The summed E-state index contributed by atoms with van der Waals surface area (Å²) in [6.07, 6.45) is 5.24. The molecule has 17 heavy (non-hydrogen) atoms. The van der Waals surface area contributed by atoms with Crippen molar-refractivity contribution in [1.29, 1.82) is 0 Å². The van der Waals surface area contributed by atoms with Crippen LogP contribution in [0.25, 0.3) is 0 Å². The van der Waals surface area contributed by atoms with Crippen molar-refractivity contribution in [1.82, 2.24) is 0 Å². The van der Waals surface area contributed by atoms with Crippen LogP contribution in [0.3, 0.4) is 0 Å². The maximum Gasteiger partial charge on any atom is 0.279 e. The maximum atomic E-state index is 10.8. The first kappa shape index (κ1) is 12.6. The van der Waals surface area contributed by atoms with Crippen molar-refractivity contribution in [2.24, 2.45) is 0 Å². The third-order valence-corrected chi connectivity index (χ3v) is 2.53. The molecule has 0 heterocycles. The van der Waals surface area contributed by atoms with Crippen LogP contribution in [0.4, 0.5) is 11.4 Å². The average molecular weight is 234 g/mol. The second-order valence-corrected chi connectivity index (χ2v) is 3.58. The Morgan fingerprint density at radius 2 is 1.88 bits per heavy atom. The first-order valence-corrected chi connectivity index (χ1v) is 4.78. The molecule has 0 aliphatic heterocycles. The van der Waals surface area contributed by atoms with Gasteiger partial charge in [0.1, 0.15) is 0 Å². The lowest BCUT2D eigenvalue weighted by molar-refractivity contribution is -0.394. The molecule has 6 heteroatoms. The smallest absolute Gasteiger partial charge is 0.258 e. The molecule has 0 radical (unpaired) electrons. The van der Waals surface area contributed by atoms with Crippen LogP contribution in [-0.4, -0.2) is 9.85 Å². The lowest BCUT2D eigenvalue weighted by Gasteiger charge is -2.08. The molecule has 0 amide bonds. The van der Waals surface area contributed by atoms with Gasteiger partial charge in [-0.3, -0.25) is 20.2 Å². The van der Waals surface area contributed by atoms with E-state index in [0.29, 0.717) is 11.1 Å². The van der Waals surface area contributed by atoms with E-state index in [4.69, 9.17) is 6.42 Å². The van der Waals surface area contributed by atoms with Crippen molar-refractivity contribution < 1.29 is 9.85 Å². The molecular formula is C11H10N2O4. The average Bonchev–Trinajstić information content (AvgIpc) is 2.27. The quantitative estimate of drug-likeness (QED) is 0.456. The highest BCUT2D eigenvalue weighted by molar-refractivity contribution is 5.55. The van der Waals surface area contributed by atoms with E-state index in [0.717, 1.165) is 6.07 Å². The third kappa shape index (κ3) is 2.39. The van der Waals surface area contributed by atoms with E-state index in [1.54, 1.807) is 6.92 Å². The van der Waals surface area contributed by atoms with Gasteiger partial charge in [-0.15, -0.1) is 6.42 Å². The summed E-state index contributed by atoms with van der Waals surface area (Å²) in [5.74, 6) is 2.00. The first-order valence-electron chi connectivity index (χ1n) is 4.78. The topological polar surface area (TPSA) is 86.3 Å². The molecule has 0 N–H and O–H groups in total. The summed E-state index contributed by atoms with van der Waals surface area (Å²) in [5, 5.41) is 21.5. The van der Waals surface area contributed by atoms with E-state index in [1.165, 1.54) is 13.0 Å². The largest absolute Gasteiger partial charge is 0.279 e. The first-order chi connectivity index (χ1) is 7.88. The standard InChI is InChI=1S/C11H10N2O4/c1-4-7(2)10-5-9(12(14)15)6-11(8(10)3)13(16)17/h1,5-7H,2-3H3. The minimum absolute atomic E-state index is 0.281. The van der Waals surface area contributed by atoms with Crippen molar-refractivity contribution in [2.75, 3.05) is 0 Å². The molecule has 0 aliphatic rings. The number of nitro groups is 2. The summed E-state index contributed by atoms with van der Waals surface area (Å²) in [6.45, 7) is 3.20. The Hall–Kier alpha value is -2.42. The van der Waals surface area contributed by atoms with Gasteiger partial charge in [-0.25, -0.2) is 0 Å². The minimum Gasteiger partial charge on any atom is -0.258 e. The van der Waals surface area contributed by atoms with Gasteiger partial charge in [0.05, 0.1) is 15.9 Å². The van der Waals surface area contributed by atoms with E-state index < -0.39 is 15.8 Å². The molecule has 0 aromatic heterocycles. The fourth-order valence-electron chi connectivity index (χ4n) is 1.54. The van der Waals surface area contributed by atoms with Crippen LogP contribution in [0.15, 0.2) is 12.1 Å². The third-order valence-electron chi connectivity index (χ3n) is 2.53. The van der Waals surface area contributed by atoms with Crippen LogP contribution in [0, 0.1) is 39.5 Å². The fraction of sp³-hybridized carbons (Fsp3) is 0.273. The molecular weight excluding hydrogens is 224 g/mol. The zero-order valence-corrected chi connectivity index (χ0v) is 9.34. The van der Waals surface area contributed by atoms with Gasteiger partial charge in [-0.05, 0) is 19.4 Å². The summed E-state index contributed by atoms with van der Waals surface area (Å²) in [4.78, 5) is 20.2. The number of terminal acetylenes is 1. The summed E-state index contributed by atoms with van der Waals surface area (Å²) in [7, 11) is 0. The molecule has 0 saturated carbocycles. The van der Waals surface area contributed by atoms with Crippen molar-refractivity contribution in [3.8, 4) is 12.3 Å². The van der Waals surface area contributed by atoms with Crippen LogP contribution in [0.1, 0.15) is 24.0 Å². The van der Waals surface area contributed by atoms with E-state index in [9.17, 15) is 20.2 Å². The van der Waals surface area contributed by atoms with Crippen molar-refractivity contribution >= 4 is 11.4 Å².